The number of rotatable bonds is 6. The fraction of sp³-hybridized carbons (Fsp3) is 0.588. The minimum Gasteiger partial charge on any atom is -0.497 e. The van der Waals surface area contributed by atoms with E-state index in [1.165, 1.54) is 0 Å². The number of nitrogens with one attached hydrogen (secondary N) is 2. The smallest absolute Gasteiger partial charge is 0.319 e. The van der Waals surface area contributed by atoms with Crippen LogP contribution in [0.5, 0.6) is 5.75 Å². The summed E-state index contributed by atoms with van der Waals surface area (Å²) in [6, 6.07) is 7.44. The Balaban J connectivity index is 1.85. The van der Waals surface area contributed by atoms with Crippen LogP contribution in [0.3, 0.4) is 0 Å². The predicted molar refractivity (Wildman–Crippen MR) is 91.0 cm³/mol. The van der Waals surface area contributed by atoms with E-state index in [1.54, 1.807) is 13.2 Å². The SMILES string of the molecule is COc1cccc(NC(=O)NCC(C(C)C)N2CCOCC2)c1. The molecule has 1 aromatic carbocycles. The minimum absolute atomic E-state index is 0.197. The molecule has 2 amide bonds. The second-order valence-corrected chi connectivity index (χ2v) is 6.03. The molecule has 1 fully saturated rings. The number of amides is 2. The highest BCUT2D eigenvalue weighted by Gasteiger charge is 2.24. The van der Waals surface area contributed by atoms with E-state index >= 15 is 0 Å². The zero-order chi connectivity index (χ0) is 16.7. The van der Waals surface area contributed by atoms with Gasteiger partial charge in [0.2, 0.25) is 0 Å². The van der Waals surface area contributed by atoms with Crippen molar-refractivity contribution in [3.05, 3.63) is 24.3 Å². The number of urea groups is 1. The zero-order valence-electron chi connectivity index (χ0n) is 14.2. The predicted octanol–water partition coefficient (Wildman–Crippen LogP) is 2.17. The van der Waals surface area contributed by atoms with Gasteiger partial charge < -0.3 is 20.1 Å². The number of morpholine rings is 1. The van der Waals surface area contributed by atoms with Gasteiger partial charge in [-0.05, 0) is 18.1 Å². The van der Waals surface area contributed by atoms with Crippen molar-refractivity contribution in [2.75, 3.05) is 45.3 Å². The Kier molecular flexibility index (Phi) is 6.67. The van der Waals surface area contributed by atoms with Crippen LogP contribution in [0, 0.1) is 5.92 Å². The lowest BCUT2D eigenvalue weighted by Crippen LogP contribution is -2.51. The largest absolute Gasteiger partial charge is 0.497 e. The van der Waals surface area contributed by atoms with Gasteiger partial charge in [0.15, 0.2) is 0 Å². The van der Waals surface area contributed by atoms with Crippen LogP contribution >= 0.6 is 0 Å². The van der Waals surface area contributed by atoms with Crippen molar-refractivity contribution in [1.29, 1.82) is 0 Å². The van der Waals surface area contributed by atoms with Gasteiger partial charge in [-0.1, -0.05) is 19.9 Å². The number of anilines is 1. The Hall–Kier alpha value is -1.79. The van der Waals surface area contributed by atoms with E-state index in [1.807, 2.05) is 18.2 Å². The first-order valence-electron chi connectivity index (χ1n) is 8.11. The van der Waals surface area contributed by atoms with Crippen molar-refractivity contribution < 1.29 is 14.3 Å². The lowest BCUT2D eigenvalue weighted by molar-refractivity contribution is 0.00728. The van der Waals surface area contributed by atoms with Crippen LogP contribution in [-0.2, 0) is 4.74 Å². The monoisotopic (exact) mass is 321 g/mol. The zero-order valence-corrected chi connectivity index (χ0v) is 14.2. The summed E-state index contributed by atoms with van der Waals surface area (Å²) >= 11 is 0. The molecule has 23 heavy (non-hydrogen) atoms. The van der Waals surface area contributed by atoms with Crippen LogP contribution in [0.15, 0.2) is 24.3 Å². The standard InChI is InChI=1S/C17H27N3O3/c1-13(2)16(20-7-9-23-10-8-20)12-18-17(21)19-14-5-4-6-15(11-14)22-3/h4-6,11,13,16H,7-10,12H2,1-3H3,(H2,18,19,21). The van der Waals surface area contributed by atoms with E-state index in [4.69, 9.17) is 9.47 Å². The van der Waals surface area contributed by atoms with Crippen LogP contribution < -0.4 is 15.4 Å². The van der Waals surface area contributed by atoms with Gasteiger partial charge in [-0.2, -0.15) is 0 Å². The molecule has 6 heteroatoms. The van der Waals surface area contributed by atoms with Gasteiger partial charge in [0.1, 0.15) is 5.75 Å². The fourth-order valence-corrected chi connectivity index (χ4v) is 2.77. The lowest BCUT2D eigenvalue weighted by Gasteiger charge is -2.36. The highest BCUT2D eigenvalue weighted by atomic mass is 16.5. The van der Waals surface area contributed by atoms with Crippen molar-refractivity contribution in [3.63, 3.8) is 0 Å². The first-order valence-corrected chi connectivity index (χ1v) is 8.11. The lowest BCUT2D eigenvalue weighted by atomic mass is 10.0. The topological polar surface area (TPSA) is 62.8 Å². The highest BCUT2D eigenvalue weighted by Crippen LogP contribution is 2.16. The normalized spacial score (nSPS) is 16.9. The summed E-state index contributed by atoms with van der Waals surface area (Å²) in [7, 11) is 1.61. The number of benzene rings is 1. The van der Waals surface area contributed by atoms with E-state index in [2.05, 4.69) is 29.4 Å². The minimum atomic E-state index is -0.197. The van der Waals surface area contributed by atoms with Crippen LogP contribution in [0.2, 0.25) is 0 Å². The summed E-state index contributed by atoms with van der Waals surface area (Å²) in [4.78, 5) is 14.5. The molecule has 1 atom stereocenters. The van der Waals surface area contributed by atoms with Gasteiger partial charge in [-0.3, -0.25) is 4.90 Å². The number of hydrogen-bond donors (Lipinski definition) is 2. The highest BCUT2D eigenvalue weighted by molar-refractivity contribution is 5.89. The number of methoxy groups -OCH3 is 1. The summed E-state index contributed by atoms with van der Waals surface area (Å²) in [5, 5.41) is 5.81. The van der Waals surface area contributed by atoms with Gasteiger partial charge in [-0.15, -0.1) is 0 Å². The van der Waals surface area contributed by atoms with E-state index < -0.39 is 0 Å². The van der Waals surface area contributed by atoms with Crippen molar-refractivity contribution in [2.45, 2.75) is 19.9 Å². The van der Waals surface area contributed by atoms with Gasteiger partial charge >= 0.3 is 6.03 Å². The number of carbonyl (C=O) groups excluding carboxylic acids is 1. The molecule has 0 aromatic heterocycles. The Morgan fingerprint density at radius 3 is 2.74 bits per heavy atom. The van der Waals surface area contributed by atoms with Crippen molar-refractivity contribution in [1.82, 2.24) is 10.2 Å². The molecule has 0 spiro atoms. The maximum Gasteiger partial charge on any atom is 0.319 e. The molecule has 2 rings (SSSR count). The van der Waals surface area contributed by atoms with Crippen LogP contribution in [-0.4, -0.2) is 56.9 Å². The first-order chi connectivity index (χ1) is 11.1. The Bertz CT molecular complexity index is 502. The van der Waals surface area contributed by atoms with Crippen LogP contribution in [0.25, 0.3) is 0 Å². The summed E-state index contributed by atoms with van der Waals surface area (Å²) in [6.45, 7) is 8.35. The first kappa shape index (κ1) is 17.6. The van der Waals surface area contributed by atoms with Gasteiger partial charge in [-0.25, -0.2) is 4.79 Å². The summed E-state index contributed by atoms with van der Waals surface area (Å²) in [5.41, 5.74) is 0.717. The summed E-state index contributed by atoms with van der Waals surface area (Å²) < 4.78 is 10.6. The van der Waals surface area contributed by atoms with Crippen LogP contribution in [0.1, 0.15) is 13.8 Å². The molecule has 0 aliphatic carbocycles. The quantitative estimate of drug-likeness (QED) is 0.843. The molecule has 2 N–H and O–H groups in total. The van der Waals surface area contributed by atoms with Crippen molar-refractivity contribution >= 4 is 11.7 Å². The Labute approximate surface area is 138 Å². The molecule has 1 heterocycles. The Morgan fingerprint density at radius 1 is 1.35 bits per heavy atom. The second-order valence-electron chi connectivity index (χ2n) is 6.03. The average Bonchev–Trinajstić information content (AvgIpc) is 2.56. The number of nitrogens with zero attached hydrogens (tertiary/aromatic N) is 1. The van der Waals surface area contributed by atoms with Crippen LogP contribution in [0.4, 0.5) is 10.5 Å². The van der Waals surface area contributed by atoms with E-state index in [9.17, 15) is 4.79 Å². The molecule has 1 aliphatic heterocycles. The third-order valence-corrected chi connectivity index (χ3v) is 4.08. The molecule has 128 valence electrons. The average molecular weight is 321 g/mol. The van der Waals surface area contributed by atoms with E-state index in [0.717, 1.165) is 32.1 Å². The van der Waals surface area contributed by atoms with Crippen molar-refractivity contribution in [2.24, 2.45) is 5.92 Å². The fourth-order valence-electron chi connectivity index (χ4n) is 2.77. The van der Waals surface area contributed by atoms with Crippen molar-refractivity contribution in [3.8, 4) is 5.75 Å². The maximum absolute atomic E-state index is 12.1. The maximum atomic E-state index is 12.1. The van der Waals surface area contributed by atoms with Gasteiger partial charge in [0.25, 0.3) is 0 Å². The second kappa shape index (κ2) is 8.74. The number of ether oxygens (including phenoxy) is 2. The molecule has 1 aromatic rings. The molecule has 0 saturated carbocycles. The Morgan fingerprint density at radius 2 is 2.09 bits per heavy atom. The third-order valence-electron chi connectivity index (χ3n) is 4.08. The molecule has 0 radical (unpaired) electrons. The molecular weight excluding hydrogens is 294 g/mol. The molecule has 6 nitrogen and oxygen atoms in total. The number of hydrogen-bond acceptors (Lipinski definition) is 4. The number of carbonyl (C=O) groups is 1. The third kappa shape index (κ3) is 5.41. The molecule has 0 bridgehead atoms. The van der Waals surface area contributed by atoms with E-state index in [-0.39, 0.29) is 6.03 Å². The molecule has 1 aliphatic rings. The summed E-state index contributed by atoms with van der Waals surface area (Å²) in [6.07, 6.45) is 0. The van der Waals surface area contributed by atoms with Gasteiger partial charge in [0.05, 0.1) is 20.3 Å². The molecule has 1 unspecified atom stereocenters. The molecular formula is C17H27N3O3. The van der Waals surface area contributed by atoms with E-state index in [0.29, 0.717) is 24.2 Å². The molecule has 1 saturated heterocycles. The summed E-state index contributed by atoms with van der Waals surface area (Å²) in [5.74, 6) is 1.18. The van der Waals surface area contributed by atoms with Gasteiger partial charge in [0, 0.05) is 37.4 Å².